The van der Waals surface area contributed by atoms with E-state index in [9.17, 15) is 9.18 Å². The third-order valence-electron chi connectivity index (χ3n) is 3.47. The van der Waals surface area contributed by atoms with Gasteiger partial charge in [-0.25, -0.2) is 4.39 Å². The molecule has 3 N–H and O–H groups in total. The van der Waals surface area contributed by atoms with Crippen molar-refractivity contribution in [3.8, 4) is 0 Å². The van der Waals surface area contributed by atoms with Gasteiger partial charge in [-0.2, -0.15) is 0 Å². The number of anilines is 1. The Bertz CT molecular complexity index is 638. The van der Waals surface area contributed by atoms with Crippen LogP contribution in [0.25, 0.3) is 0 Å². The van der Waals surface area contributed by atoms with Crippen molar-refractivity contribution in [2.75, 3.05) is 5.73 Å². The molecule has 0 saturated heterocycles. The summed E-state index contributed by atoms with van der Waals surface area (Å²) in [6.07, 6.45) is 0.968. The van der Waals surface area contributed by atoms with Crippen LogP contribution in [0.1, 0.15) is 41.4 Å². The first-order valence-electron chi connectivity index (χ1n) is 6.96. The molecule has 2 aromatic rings. The quantitative estimate of drug-likeness (QED) is 0.846. The zero-order valence-corrected chi connectivity index (χ0v) is 12.2. The maximum Gasteiger partial charge on any atom is 0.254 e. The SMILES string of the molecule is CCc1ccc(C(C)NC(=O)c2cc(N)ccc2F)cc1. The lowest BCUT2D eigenvalue weighted by atomic mass is 10.0. The molecule has 0 aromatic heterocycles. The Balaban J connectivity index is 2.12. The van der Waals surface area contributed by atoms with E-state index in [1.807, 2.05) is 31.2 Å². The van der Waals surface area contributed by atoms with Gasteiger partial charge in [0.25, 0.3) is 5.91 Å². The van der Waals surface area contributed by atoms with E-state index in [2.05, 4.69) is 12.2 Å². The highest BCUT2D eigenvalue weighted by atomic mass is 19.1. The first-order chi connectivity index (χ1) is 10.0. The lowest BCUT2D eigenvalue weighted by molar-refractivity contribution is 0.0936. The van der Waals surface area contributed by atoms with Gasteiger partial charge in [0.2, 0.25) is 0 Å². The molecule has 0 heterocycles. The van der Waals surface area contributed by atoms with E-state index >= 15 is 0 Å². The normalized spacial score (nSPS) is 12.0. The zero-order chi connectivity index (χ0) is 15.4. The highest BCUT2D eigenvalue weighted by molar-refractivity contribution is 5.95. The lowest BCUT2D eigenvalue weighted by Crippen LogP contribution is -2.27. The fraction of sp³-hybridized carbons (Fsp3) is 0.235. The van der Waals surface area contributed by atoms with Crippen LogP contribution >= 0.6 is 0 Å². The number of carbonyl (C=O) groups excluding carboxylic acids is 1. The third kappa shape index (κ3) is 3.60. The Morgan fingerprint density at radius 1 is 1.24 bits per heavy atom. The van der Waals surface area contributed by atoms with Gasteiger partial charge in [-0.3, -0.25) is 4.79 Å². The number of carbonyl (C=O) groups is 1. The molecule has 110 valence electrons. The van der Waals surface area contributed by atoms with Crippen molar-refractivity contribution in [3.63, 3.8) is 0 Å². The van der Waals surface area contributed by atoms with Crippen LogP contribution in [0.5, 0.6) is 0 Å². The zero-order valence-electron chi connectivity index (χ0n) is 12.2. The molecule has 0 fully saturated rings. The van der Waals surface area contributed by atoms with Crippen LogP contribution in [0.15, 0.2) is 42.5 Å². The minimum absolute atomic E-state index is 0.0352. The first-order valence-corrected chi connectivity index (χ1v) is 6.96. The van der Waals surface area contributed by atoms with E-state index in [1.54, 1.807) is 0 Å². The van der Waals surface area contributed by atoms with Crippen molar-refractivity contribution in [2.24, 2.45) is 0 Å². The molecule has 3 nitrogen and oxygen atoms in total. The van der Waals surface area contributed by atoms with Crippen LogP contribution in [-0.4, -0.2) is 5.91 Å². The van der Waals surface area contributed by atoms with Crippen LogP contribution in [0.4, 0.5) is 10.1 Å². The second kappa shape index (κ2) is 6.39. The van der Waals surface area contributed by atoms with Crippen molar-refractivity contribution in [1.29, 1.82) is 0 Å². The highest BCUT2D eigenvalue weighted by Crippen LogP contribution is 2.17. The van der Waals surface area contributed by atoms with Crippen molar-refractivity contribution in [3.05, 3.63) is 65.0 Å². The van der Waals surface area contributed by atoms with Crippen LogP contribution in [0.2, 0.25) is 0 Å². The van der Waals surface area contributed by atoms with Gasteiger partial charge in [-0.05, 0) is 42.7 Å². The smallest absolute Gasteiger partial charge is 0.254 e. The molecule has 1 amide bonds. The first kappa shape index (κ1) is 15.0. The maximum absolute atomic E-state index is 13.7. The molecule has 0 bridgehead atoms. The van der Waals surface area contributed by atoms with Crippen LogP contribution in [-0.2, 0) is 6.42 Å². The molecule has 0 aliphatic heterocycles. The van der Waals surface area contributed by atoms with Crippen LogP contribution in [0.3, 0.4) is 0 Å². The summed E-state index contributed by atoms with van der Waals surface area (Å²) in [4.78, 5) is 12.1. The lowest BCUT2D eigenvalue weighted by Gasteiger charge is -2.15. The minimum Gasteiger partial charge on any atom is -0.399 e. The van der Waals surface area contributed by atoms with Gasteiger partial charge in [0.05, 0.1) is 11.6 Å². The predicted octanol–water partition coefficient (Wildman–Crippen LogP) is 3.46. The van der Waals surface area contributed by atoms with Gasteiger partial charge in [-0.15, -0.1) is 0 Å². The van der Waals surface area contributed by atoms with Crippen molar-refractivity contribution >= 4 is 11.6 Å². The van der Waals surface area contributed by atoms with E-state index in [0.717, 1.165) is 12.0 Å². The molecular weight excluding hydrogens is 267 g/mol. The second-order valence-electron chi connectivity index (χ2n) is 5.03. The van der Waals surface area contributed by atoms with E-state index in [4.69, 9.17) is 5.73 Å². The van der Waals surface area contributed by atoms with Crippen molar-refractivity contribution < 1.29 is 9.18 Å². The van der Waals surface area contributed by atoms with Gasteiger partial charge in [0, 0.05) is 5.69 Å². The Hall–Kier alpha value is -2.36. The monoisotopic (exact) mass is 286 g/mol. The summed E-state index contributed by atoms with van der Waals surface area (Å²) in [7, 11) is 0. The summed E-state index contributed by atoms with van der Waals surface area (Å²) >= 11 is 0. The molecule has 4 heteroatoms. The predicted molar refractivity (Wildman–Crippen MR) is 82.5 cm³/mol. The maximum atomic E-state index is 13.7. The summed E-state index contributed by atoms with van der Waals surface area (Å²) in [5.41, 5.74) is 8.13. The molecule has 2 aromatic carbocycles. The molecule has 0 aliphatic rings. The minimum atomic E-state index is -0.574. The standard InChI is InChI=1S/C17H19FN2O/c1-3-12-4-6-13(7-5-12)11(2)20-17(21)15-10-14(19)8-9-16(15)18/h4-11H,3,19H2,1-2H3,(H,20,21). The Labute approximate surface area is 124 Å². The summed E-state index contributed by atoms with van der Waals surface area (Å²) in [6, 6.07) is 11.8. The van der Waals surface area contributed by atoms with E-state index in [-0.39, 0.29) is 11.6 Å². The molecule has 2 rings (SSSR count). The van der Waals surface area contributed by atoms with Crippen molar-refractivity contribution in [2.45, 2.75) is 26.3 Å². The largest absolute Gasteiger partial charge is 0.399 e. The third-order valence-corrected chi connectivity index (χ3v) is 3.47. The Morgan fingerprint density at radius 3 is 2.52 bits per heavy atom. The summed E-state index contributed by atoms with van der Waals surface area (Å²) < 4.78 is 13.7. The van der Waals surface area contributed by atoms with Crippen LogP contribution < -0.4 is 11.1 Å². The van der Waals surface area contributed by atoms with Gasteiger partial charge >= 0.3 is 0 Å². The van der Waals surface area contributed by atoms with Gasteiger partial charge in [0.15, 0.2) is 0 Å². The number of benzene rings is 2. The second-order valence-corrected chi connectivity index (χ2v) is 5.03. The van der Waals surface area contributed by atoms with Gasteiger partial charge < -0.3 is 11.1 Å². The average Bonchev–Trinajstić information content (AvgIpc) is 2.49. The average molecular weight is 286 g/mol. The Kier molecular flexibility index (Phi) is 4.58. The number of nitrogens with two attached hydrogens (primary N) is 1. The van der Waals surface area contributed by atoms with Gasteiger partial charge in [-0.1, -0.05) is 31.2 Å². The molecule has 0 radical (unpaired) electrons. The van der Waals surface area contributed by atoms with Gasteiger partial charge in [0.1, 0.15) is 5.82 Å². The van der Waals surface area contributed by atoms with E-state index in [1.165, 1.54) is 23.8 Å². The number of nitrogens with one attached hydrogen (secondary N) is 1. The molecule has 0 aliphatic carbocycles. The molecule has 1 atom stereocenters. The Morgan fingerprint density at radius 2 is 1.90 bits per heavy atom. The highest BCUT2D eigenvalue weighted by Gasteiger charge is 2.15. The summed E-state index contributed by atoms with van der Waals surface area (Å²) in [6.45, 7) is 3.95. The molecular formula is C17H19FN2O. The molecule has 0 spiro atoms. The molecule has 21 heavy (non-hydrogen) atoms. The number of nitrogen functional groups attached to an aromatic ring is 1. The van der Waals surface area contributed by atoms with E-state index in [0.29, 0.717) is 5.69 Å². The van der Waals surface area contributed by atoms with E-state index < -0.39 is 11.7 Å². The fourth-order valence-corrected chi connectivity index (χ4v) is 2.12. The number of aryl methyl sites for hydroxylation is 1. The number of hydrogen-bond acceptors (Lipinski definition) is 2. The number of amides is 1. The molecule has 0 saturated carbocycles. The summed E-state index contributed by atoms with van der Waals surface area (Å²) in [5, 5.41) is 2.78. The topological polar surface area (TPSA) is 55.1 Å². The fourth-order valence-electron chi connectivity index (χ4n) is 2.12. The number of halogens is 1. The number of rotatable bonds is 4. The number of hydrogen-bond donors (Lipinski definition) is 2. The molecule has 1 unspecified atom stereocenters. The van der Waals surface area contributed by atoms with Crippen molar-refractivity contribution in [1.82, 2.24) is 5.32 Å². The van der Waals surface area contributed by atoms with Crippen LogP contribution in [0, 0.1) is 5.82 Å². The summed E-state index contributed by atoms with van der Waals surface area (Å²) in [5.74, 6) is -1.04.